The molecule has 0 spiro atoms. The lowest BCUT2D eigenvalue weighted by Gasteiger charge is -2.31. The molecule has 0 radical (unpaired) electrons. The normalized spacial score (nSPS) is 16.6. The second kappa shape index (κ2) is 8.65. The molecule has 3 aromatic rings. The lowest BCUT2D eigenvalue weighted by atomic mass is 9.98. The van der Waals surface area contributed by atoms with E-state index < -0.39 is 0 Å². The first kappa shape index (κ1) is 20.1. The van der Waals surface area contributed by atoms with Gasteiger partial charge in [0, 0.05) is 30.9 Å². The second-order valence-electron chi connectivity index (χ2n) is 7.91. The number of hydrogen-bond donors (Lipinski definition) is 0. The Bertz CT molecular complexity index is 1090. The third kappa shape index (κ3) is 4.50. The molecule has 30 heavy (non-hydrogen) atoms. The van der Waals surface area contributed by atoms with E-state index in [1.54, 1.807) is 18.0 Å². The summed E-state index contributed by atoms with van der Waals surface area (Å²) in [6.07, 6.45) is 4.29. The molecule has 3 heterocycles. The molecule has 1 unspecified atom stereocenters. The van der Waals surface area contributed by atoms with Crippen molar-refractivity contribution in [3.63, 3.8) is 0 Å². The van der Waals surface area contributed by atoms with Gasteiger partial charge in [-0.3, -0.25) is 9.36 Å². The minimum Gasteiger partial charge on any atom is -0.445 e. The molecule has 1 fully saturated rings. The maximum Gasteiger partial charge on any atom is 0.348 e. The minimum absolute atomic E-state index is 0.00943. The molecule has 156 valence electrons. The average Bonchev–Trinajstić information content (AvgIpc) is 3.20. The van der Waals surface area contributed by atoms with E-state index in [-0.39, 0.29) is 24.1 Å². The zero-order valence-corrected chi connectivity index (χ0v) is 17.4. The van der Waals surface area contributed by atoms with Gasteiger partial charge < -0.3 is 9.32 Å². The van der Waals surface area contributed by atoms with Crippen molar-refractivity contribution < 1.29 is 9.21 Å². The van der Waals surface area contributed by atoms with Crippen molar-refractivity contribution >= 4 is 5.91 Å². The third-order valence-corrected chi connectivity index (χ3v) is 5.56. The van der Waals surface area contributed by atoms with Crippen LogP contribution < -0.4 is 5.69 Å². The minimum atomic E-state index is -0.382. The number of piperidine rings is 1. The van der Waals surface area contributed by atoms with E-state index >= 15 is 0 Å². The number of carbonyl (C=O) groups is 1. The number of likely N-dealkylation sites (tertiary alicyclic amines) is 1. The number of amides is 1. The maximum atomic E-state index is 12.9. The summed E-state index contributed by atoms with van der Waals surface area (Å²) in [5.41, 5.74) is 2.20. The molecule has 1 aromatic carbocycles. The fraction of sp³-hybridized carbons (Fsp3) is 0.391. The van der Waals surface area contributed by atoms with Gasteiger partial charge in [-0.05, 0) is 38.3 Å². The molecule has 4 rings (SSSR count). The number of hydrogen-bond acceptors (Lipinski definition) is 5. The first-order valence-electron chi connectivity index (χ1n) is 10.3. The summed E-state index contributed by atoms with van der Waals surface area (Å²) in [4.78, 5) is 35.3. The van der Waals surface area contributed by atoms with Crippen molar-refractivity contribution in [2.24, 2.45) is 0 Å². The largest absolute Gasteiger partial charge is 0.445 e. The molecule has 0 aliphatic carbocycles. The van der Waals surface area contributed by atoms with E-state index in [1.807, 2.05) is 31.2 Å². The molecular weight excluding hydrogens is 380 g/mol. The maximum absolute atomic E-state index is 12.9. The molecule has 1 amide bonds. The van der Waals surface area contributed by atoms with Crippen LogP contribution in [0.3, 0.4) is 0 Å². The predicted molar refractivity (Wildman–Crippen MR) is 112 cm³/mol. The van der Waals surface area contributed by atoms with Crippen molar-refractivity contribution in [3.8, 4) is 0 Å². The van der Waals surface area contributed by atoms with Crippen LogP contribution in [-0.2, 0) is 17.8 Å². The van der Waals surface area contributed by atoms with Crippen molar-refractivity contribution in [2.75, 3.05) is 13.1 Å². The van der Waals surface area contributed by atoms with Gasteiger partial charge in [-0.2, -0.15) is 4.98 Å². The van der Waals surface area contributed by atoms with Crippen LogP contribution in [0.2, 0.25) is 0 Å². The number of aromatic nitrogens is 3. The Morgan fingerprint density at radius 3 is 2.80 bits per heavy atom. The van der Waals surface area contributed by atoms with Crippen molar-refractivity contribution in [2.45, 2.75) is 45.6 Å². The fourth-order valence-corrected chi connectivity index (χ4v) is 4.00. The van der Waals surface area contributed by atoms with Crippen LogP contribution in [0.15, 0.2) is 51.8 Å². The van der Waals surface area contributed by atoms with Gasteiger partial charge in [-0.25, -0.2) is 9.78 Å². The molecule has 1 aliphatic rings. The molecule has 0 bridgehead atoms. The highest BCUT2D eigenvalue weighted by atomic mass is 16.4. The topological polar surface area (TPSA) is 81.2 Å². The molecular formula is C23H26N4O3. The summed E-state index contributed by atoms with van der Waals surface area (Å²) in [5, 5.41) is 0. The highest BCUT2D eigenvalue weighted by Gasteiger charge is 2.28. The van der Waals surface area contributed by atoms with Gasteiger partial charge in [0.15, 0.2) is 5.89 Å². The Kier molecular flexibility index (Phi) is 5.79. The first-order chi connectivity index (χ1) is 14.5. The Morgan fingerprint density at radius 1 is 1.23 bits per heavy atom. The Labute approximate surface area is 175 Å². The van der Waals surface area contributed by atoms with Gasteiger partial charge in [-0.15, -0.1) is 0 Å². The second-order valence-corrected chi connectivity index (χ2v) is 7.91. The quantitative estimate of drug-likeness (QED) is 0.651. The van der Waals surface area contributed by atoms with Crippen LogP contribution >= 0.6 is 0 Å². The Hall–Kier alpha value is -3.22. The summed E-state index contributed by atoms with van der Waals surface area (Å²) in [7, 11) is 0. The van der Waals surface area contributed by atoms with Crippen LogP contribution in [0, 0.1) is 13.8 Å². The van der Waals surface area contributed by atoms with Gasteiger partial charge in [0.05, 0.1) is 12.1 Å². The zero-order chi connectivity index (χ0) is 21.1. The third-order valence-electron chi connectivity index (χ3n) is 5.56. The van der Waals surface area contributed by atoms with Crippen LogP contribution in [0.5, 0.6) is 0 Å². The van der Waals surface area contributed by atoms with Gasteiger partial charge in [0.25, 0.3) is 0 Å². The zero-order valence-electron chi connectivity index (χ0n) is 17.4. The Balaban J connectivity index is 1.42. The molecule has 1 aliphatic heterocycles. The van der Waals surface area contributed by atoms with Gasteiger partial charge >= 0.3 is 5.69 Å². The van der Waals surface area contributed by atoms with E-state index in [0.717, 1.165) is 24.3 Å². The summed E-state index contributed by atoms with van der Waals surface area (Å²) in [6, 6.07) is 11.9. The molecule has 1 atom stereocenters. The predicted octanol–water partition coefficient (Wildman–Crippen LogP) is 2.85. The summed E-state index contributed by atoms with van der Waals surface area (Å²) >= 11 is 0. The SMILES string of the molecule is Cc1cc(C)n(CC(=O)N2CCCC(c3ncc(Cc4ccccc4)o3)C2)c(=O)n1. The number of nitrogens with zero attached hydrogens (tertiary/aromatic N) is 4. The average molecular weight is 406 g/mol. The van der Waals surface area contributed by atoms with Crippen LogP contribution in [0.1, 0.15) is 47.4 Å². The Morgan fingerprint density at radius 2 is 2.03 bits per heavy atom. The van der Waals surface area contributed by atoms with E-state index in [2.05, 4.69) is 22.1 Å². The molecule has 2 aromatic heterocycles. The van der Waals surface area contributed by atoms with Crippen molar-refractivity contribution in [1.82, 2.24) is 19.4 Å². The highest BCUT2D eigenvalue weighted by molar-refractivity contribution is 5.76. The van der Waals surface area contributed by atoms with Gasteiger partial charge in [0.1, 0.15) is 12.3 Å². The van der Waals surface area contributed by atoms with Gasteiger partial charge in [0.2, 0.25) is 5.91 Å². The fourth-order valence-electron chi connectivity index (χ4n) is 4.00. The van der Waals surface area contributed by atoms with Crippen molar-refractivity contribution in [1.29, 1.82) is 0 Å². The van der Waals surface area contributed by atoms with E-state index in [4.69, 9.17) is 4.42 Å². The first-order valence-corrected chi connectivity index (χ1v) is 10.3. The number of aryl methyl sites for hydroxylation is 2. The standard InChI is InChI=1S/C23H26N4O3/c1-16-11-17(2)27(23(29)25-16)15-21(28)26-10-6-9-19(14-26)22-24-13-20(30-22)12-18-7-4-3-5-8-18/h3-5,7-8,11,13,19H,6,9-10,12,14-15H2,1-2H3. The molecule has 7 heteroatoms. The highest BCUT2D eigenvalue weighted by Crippen LogP contribution is 2.27. The lowest BCUT2D eigenvalue weighted by Crippen LogP contribution is -2.42. The lowest BCUT2D eigenvalue weighted by molar-refractivity contribution is -0.133. The summed E-state index contributed by atoms with van der Waals surface area (Å²) in [6.45, 7) is 4.84. The van der Waals surface area contributed by atoms with E-state index in [1.165, 1.54) is 10.1 Å². The number of benzene rings is 1. The number of rotatable bonds is 5. The smallest absolute Gasteiger partial charge is 0.348 e. The van der Waals surface area contributed by atoms with Crippen LogP contribution in [0.4, 0.5) is 0 Å². The van der Waals surface area contributed by atoms with E-state index in [0.29, 0.717) is 31.1 Å². The summed E-state index contributed by atoms with van der Waals surface area (Å²) < 4.78 is 7.44. The van der Waals surface area contributed by atoms with Crippen molar-refractivity contribution in [3.05, 3.63) is 81.7 Å². The number of oxazole rings is 1. The molecule has 1 saturated heterocycles. The van der Waals surface area contributed by atoms with Crippen LogP contribution in [-0.4, -0.2) is 38.4 Å². The van der Waals surface area contributed by atoms with Gasteiger partial charge in [-0.1, -0.05) is 30.3 Å². The molecule has 0 saturated carbocycles. The number of carbonyl (C=O) groups excluding carboxylic acids is 1. The van der Waals surface area contributed by atoms with Crippen LogP contribution in [0.25, 0.3) is 0 Å². The molecule has 0 N–H and O–H groups in total. The monoisotopic (exact) mass is 406 g/mol. The van der Waals surface area contributed by atoms with E-state index in [9.17, 15) is 9.59 Å². The summed E-state index contributed by atoms with van der Waals surface area (Å²) in [5.74, 6) is 1.50. The molecule has 7 nitrogen and oxygen atoms in total.